The van der Waals surface area contributed by atoms with E-state index in [9.17, 15) is 0 Å². The maximum absolute atomic E-state index is 7.51. The molecule has 2 nitrogen and oxygen atoms in total. The van der Waals surface area contributed by atoms with Crippen molar-refractivity contribution in [2.45, 2.75) is 0 Å². The van der Waals surface area contributed by atoms with Crippen LogP contribution in [0.25, 0.3) is 0 Å². The Labute approximate surface area is 43.0 Å². The fourth-order valence-corrected chi connectivity index (χ4v) is 0. The highest BCUT2D eigenvalue weighted by Crippen LogP contribution is 1.41. The van der Waals surface area contributed by atoms with E-state index in [0.29, 0.717) is 0 Å². The summed E-state index contributed by atoms with van der Waals surface area (Å²) in [4.78, 5) is 0. The van der Waals surface area contributed by atoms with Crippen molar-refractivity contribution in [1.82, 2.24) is 0 Å². The SMILES string of the molecule is C=CC#N.C=CO. The number of aliphatic hydroxyl groups is 1. The molecule has 0 aliphatic rings. The van der Waals surface area contributed by atoms with Crippen LogP contribution in [0.2, 0.25) is 0 Å². The van der Waals surface area contributed by atoms with Crippen molar-refractivity contribution in [1.29, 1.82) is 5.26 Å². The van der Waals surface area contributed by atoms with Crippen molar-refractivity contribution >= 4 is 0 Å². The van der Waals surface area contributed by atoms with Gasteiger partial charge >= 0.3 is 0 Å². The van der Waals surface area contributed by atoms with Crippen LogP contribution in [-0.4, -0.2) is 5.11 Å². The van der Waals surface area contributed by atoms with Gasteiger partial charge in [-0.3, -0.25) is 0 Å². The molecule has 0 heterocycles. The minimum absolute atomic E-state index is 0.750. The lowest BCUT2D eigenvalue weighted by atomic mass is 10.8. The van der Waals surface area contributed by atoms with Crippen molar-refractivity contribution in [3.8, 4) is 6.07 Å². The lowest BCUT2D eigenvalue weighted by Crippen LogP contribution is -1.25. The smallest absolute Gasteiger partial charge is 0.0905 e. The number of allylic oxidation sites excluding steroid dienone is 1. The van der Waals surface area contributed by atoms with Crippen LogP contribution in [0.15, 0.2) is 25.5 Å². The molecule has 0 rings (SSSR count). The van der Waals surface area contributed by atoms with Crippen LogP contribution < -0.4 is 0 Å². The Kier molecular flexibility index (Phi) is 28.6. The van der Waals surface area contributed by atoms with Gasteiger partial charge in [-0.1, -0.05) is 13.2 Å². The fourth-order valence-electron chi connectivity index (χ4n) is 0. The lowest BCUT2D eigenvalue weighted by molar-refractivity contribution is 0.476. The Morgan fingerprint density at radius 2 is 1.71 bits per heavy atom. The van der Waals surface area contributed by atoms with Gasteiger partial charge in [-0.05, 0) is 0 Å². The van der Waals surface area contributed by atoms with Gasteiger partial charge in [0.15, 0.2) is 0 Å². The van der Waals surface area contributed by atoms with E-state index in [-0.39, 0.29) is 0 Å². The highest BCUT2D eigenvalue weighted by Gasteiger charge is 1.34. The summed E-state index contributed by atoms with van der Waals surface area (Å²) in [5.41, 5.74) is 0. The number of hydrogen-bond donors (Lipinski definition) is 1. The number of rotatable bonds is 0. The fraction of sp³-hybridized carbons (Fsp3) is 0. The predicted octanol–water partition coefficient (Wildman–Crippen LogP) is 1.38. The molecule has 0 spiro atoms. The van der Waals surface area contributed by atoms with E-state index in [1.54, 1.807) is 6.07 Å². The van der Waals surface area contributed by atoms with Crippen molar-refractivity contribution in [2.75, 3.05) is 0 Å². The molecule has 0 saturated carbocycles. The molecule has 1 N–H and O–H groups in total. The maximum Gasteiger partial charge on any atom is 0.0905 e. The Balaban J connectivity index is 0. The van der Waals surface area contributed by atoms with Gasteiger partial charge < -0.3 is 5.11 Å². The molecule has 38 valence electrons. The van der Waals surface area contributed by atoms with E-state index in [1.807, 2.05) is 0 Å². The summed E-state index contributed by atoms with van der Waals surface area (Å²) in [6, 6.07) is 1.69. The third-order valence-electron chi connectivity index (χ3n) is 0.0913. The molecule has 2 heteroatoms. The van der Waals surface area contributed by atoms with Crippen LogP contribution in [-0.2, 0) is 0 Å². The minimum atomic E-state index is 0.750. The summed E-state index contributed by atoms with van der Waals surface area (Å²) in [6.07, 6.45) is 1.93. The molecule has 0 fully saturated rings. The van der Waals surface area contributed by atoms with Gasteiger partial charge in [0, 0.05) is 6.08 Å². The lowest BCUT2D eigenvalue weighted by Gasteiger charge is -1.41. The Morgan fingerprint density at radius 3 is 1.71 bits per heavy atom. The van der Waals surface area contributed by atoms with E-state index < -0.39 is 0 Å². The molecule has 0 unspecified atom stereocenters. The third kappa shape index (κ3) is 692. The van der Waals surface area contributed by atoms with E-state index in [1.165, 1.54) is 6.08 Å². The van der Waals surface area contributed by atoms with Gasteiger partial charge in [0.2, 0.25) is 0 Å². The van der Waals surface area contributed by atoms with Gasteiger partial charge in [-0.25, -0.2) is 0 Å². The quantitative estimate of drug-likeness (QED) is 0.366. The molecule has 0 aromatic heterocycles. The number of aliphatic hydroxyl groups excluding tert-OH is 1. The van der Waals surface area contributed by atoms with Gasteiger partial charge in [-0.2, -0.15) is 5.26 Å². The predicted molar refractivity (Wildman–Crippen MR) is 28.6 cm³/mol. The second-order valence-corrected chi connectivity index (χ2v) is 0.516. The monoisotopic (exact) mass is 97.1 g/mol. The standard InChI is InChI=1S/C3H3N.C2H4O/c1-2-3-4;1-2-3/h2H,1H2;2-3H,1H2. The molecule has 0 amide bonds. The maximum atomic E-state index is 7.51. The van der Waals surface area contributed by atoms with Crippen LogP contribution in [0.5, 0.6) is 0 Å². The molecular formula is C5H7NO. The molecular weight excluding hydrogens is 90.1 g/mol. The van der Waals surface area contributed by atoms with Crippen LogP contribution in [0, 0.1) is 11.3 Å². The topological polar surface area (TPSA) is 44.0 Å². The first-order valence-electron chi connectivity index (χ1n) is 1.59. The summed E-state index contributed by atoms with van der Waals surface area (Å²) in [7, 11) is 0. The number of nitriles is 1. The second-order valence-electron chi connectivity index (χ2n) is 0.516. The molecule has 0 aromatic carbocycles. The molecule has 0 atom stereocenters. The van der Waals surface area contributed by atoms with Crippen LogP contribution >= 0.6 is 0 Å². The first-order valence-corrected chi connectivity index (χ1v) is 1.59. The van der Waals surface area contributed by atoms with Crippen molar-refractivity contribution in [3.05, 3.63) is 25.5 Å². The largest absolute Gasteiger partial charge is 0.516 e. The Hall–Kier alpha value is -1.23. The summed E-state index contributed by atoms with van der Waals surface area (Å²) in [6.45, 7) is 6.03. The van der Waals surface area contributed by atoms with Crippen LogP contribution in [0.4, 0.5) is 0 Å². The molecule has 0 radical (unpaired) electrons. The summed E-state index contributed by atoms with van der Waals surface area (Å²) >= 11 is 0. The zero-order chi connectivity index (χ0) is 6.12. The van der Waals surface area contributed by atoms with Crippen LogP contribution in [0.1, 0.15) is 0 Å². The van der Waals surface area contributed by atoms with E-state index in [4.69, 9.17) is 10.4 Å². The zero-order valence-electron chi connectivity index (χ0n) is 3.96. The van der Waals surface area contributed by atoms with Gasteiger partial charge in [0.05, 0.1) is 12.3 Å². The Bertz CT molecular complexity index is 80.6. The molecule has 0 aliphatic carbocycles. The number of nitrogens with zero attached hydrogens (tertiary/aromatic N) is 1. The third-order valence-corrected chi connectivity index (χ3v) is 0.0913. The highest BCUT2D eigenvalue weighted by molar-refractivity contribution is 4.93. The Morgan fingerprint density at radius 1 is 1.57 bits per heavy atom. The van der Waals surface area contributed by atoms with E-state index >= 15 is 0 Å². The average molecular weight is 97.1 g/mol. The van der Waals surface area contributed by atoms with E-state index in [2.05, 4.69) is 13.2 Å². The van der Waals surface area contributed by atoms with Gasteiger partial charge in [0.1, 0.15) is 0 Å². The van der Waals surface area contributed by atoms with E-state index in [0.717, 1.165) is 6.26 Å². The van der Waals surface area contributed by atoms with Crippen LogP contribution in [0.3, 0.4) is 0 Å². The normalized spacial score (nSPS) is 3.86. The van der Waals surface area contributed by atoms with Crippen molar-refractivity contribution in [2.24, 2.45) is 0 Å². The molecule has 0 aromatic rings. The molecule has 7 heavy (non-hydrogen) atoms. The van der Waals surface area contributed by atoms with Gasteiger partial charge in [-0.15, -0.1) is 0 Å². The molecule has 0 bridgehead atoms. The molecule has 0 aliphatic heterocycles. The summed E-state index contributed by atoms with van der Waals surface area (Å²) < 4.78 is 0. The summed E-state index contributed by atoms with van der Waals surface area (Å²) in [5, 5.41) is 14.8. The first-order chi connectivity index (χ1) is 3.33. The average Bonchev–Trinajstić information content (AvgIpc) is 1.69. The zero-order valence-corrected chi connectivity index (χ0v) is 3.96. The van der Waals surface area contributed by atoms with Gasteiger partial charge in [0.25, 0.3) is 0 Å². The van der Waals surface area contributed by atoms with Crippen molar-refractivity contribution < 1.29 is 5.11 Å². The minimum Gasteiger partial charge on any atom is -0.516 e. The summed E-state index contributed by atoms with van der Waals surface area (Å²) in [5.74, 6) is 0. The first kappa shape index (κ1) is 9.24. The molecule has 0 saturated heterocycles. The van der Waals surface area contributed by atoms with Crippen molar-refractivity contribution in [3.63, 3.8) is 0 Å². The highest BCUT2D eigenvalue weighted by atomic mass is 16.2. The second kappa shape index (κ2) is 21.6. The number of hydrogen-bond acceptors (Lipinski definition) is 2.